The summed E-state index contributed by atoms with van der Waals surface area (Å²) in [5, 5.41) is 11.0. The molecule has 0 spiro atoms. The minimum absolute atomic E-state index is 0.0402. The van der Waals surface area contributed by atoms with Crippen molar-refractivity contribution >= 4 is 15.9 Å². The average Bonchev–Trinajstić information content (AvgIpc) is 3.65. The highest BCUT2D eigenvalue weighted by Crippen LogP contribution is 2.29. The summed E-state index contributed by atoms with van der Waals surface area (Å²) in [5.41, 5.74) is 4.96. The fraction of sp³-hybridized carbons (Fsp3) is 0.300. The van der Waals surface area contributed by atoms with E-state index in [1.54, 1.807) is 36.4 Å². The highest BCUT2D eigenvalue weighted by atomic mass is 32.2. The average molecular weight is 558 g/mol. The Balaban J connectivity index is 1.29. The van der Waals surface area contributed by atoms with Crippen LogP contribution in [0.15, 0.2) is 77.7 Å². The molecule has 2 heterocycles. The molecular formula is C30H31N5O4S. The molecule has 10 heteroatoms. The van der Waals surface area contributed by atoms with Gasteiger partial charge >= 0.3 is 0 Å². The van der Waals surface area contributed by atoms with Crippen LogP contribution in [0.2, 0.25) is 0 Å². The van der Waals surface area contributed by atoms with Crippen molar-refractivity contribution in [1.82, 2.24) is 24.6 Å². The van der Waals surface area contributed by atoms with Crippen LogP contribution in [-0.2, 0) is 40.7 Å². The van der Waals surface area contributed by atoms with Crippen molar-refractivity contribution < 1.29 is 17.9 Å². The molecule has 1 N–H and O–H groups in total. The van der Waals surface area contributed by atoms with Gasteiger partial charge in [0, 0.05) is 31.7 Å². The minimum Gasteiger partial charge on any atom is -0.379 e. The summed E-state index contributed by atoms with van der Waals surface area (Å²) >= 11 is 0. The summed E-state index contributed by atoms with van der Waals surface area (Å²) in [6, 6.07) is 22.1. The first-order chi connectivity index (χ1) is 19.5. The van der Waals surface area contributed by atoms with Gasteiger partial charge in [-0.3, -0.25) is 9.69 Å². The lowest BCUT2D eigenvalue weighted by molar-refractivity contribution is 0.0340. The third-order valence-electron chi connectivity index (χ3n) is 7.55. The minimum atomic E-state index is -4.09. The number of ether oxygens (including phenoxy) is 1. The molecule has 3 aromatic carbocycles. The van der Waals surface area contributed by atoms with Gasteiger partial charge in [-0.2, -0.15) is 8.42 Å². The van der Waals surface area contributed by atoms with Crippen molar-refractivity contribution in [3.63, 3.8) is 0 Å². The number of carbonyl (C=O) groups excluding carboxylic acids is 1. The summed E-state index contributed by atoms with van der Waals surface area (Å²) in [7, 11) is -4.09. The Kier molecular flexibility index (Phi) is 7.46. The van der Waals surface area contributed by atoms with E-state index in [1.165, 1.54) is 5.56 Å². The molecule has 6 rings (SSSR count). The normalized spacial score (nSPS) is 15.6. The Hall–Kier alpha value is -3.86. The van der Waals surface area contributed by atoms with E-state index in [0.29, 0.717) is 18.8 Å². The summed E-state index contributed by atoms with van der Waals surface area (Å²) in [6.07, 6.45) is 2.81. The lowest BCUT2D eigenvalue weighted by Gasteiger charge is -2.27. The highest BCUT2D eigenvalue weighted by Gasteiger charge is 2.30. The number of carbonyl (C=O) groups is 1. The zero-order chi connectivity index (χ0) is 27.5. The van der Waals surface area contributed by atoms with Crippen LogP contribution in [0.1, 0.15) is 39.2 Å². The Morgan fingerprint density at radius 3 is 2.42 bits per heavy atom. The van der Waals surface area contributed by atoms with Crippen molar-refractivity contribution in [3.05, 3.63) is 101 Å². The molecule has 4 aromatic rings. The van der Waals surface area contributed by atoms with E-state index in [-0.39, 0.29) is 22.8 Å². The van der Waals surface area contributed by atoms with Crippen LogP contribution < -0.4 is 5.32 Å². The number of nitrogens with one attached hydrogen (secondary N) is 1. The summed E-state index contributed by atoms with van der Waals surface area (Å²) in [5.74, 6) is -0.490. The Labute approximate surface area is 233 Å². The van der Waals surface area contributed by atoms with Gasteiger partial charge in [0.2, 0.25) is 0 Å². The third kappa shape index (κ3) is 5.30. The van der Waals surface area contributed by atoms with Crippen LogP contribution in [0.5, 0.6) is 0 Å². The van der Waals surface area contributed by atoms with Crippen LogP contribution in [0.3, 0.4) is 0 Å². The van der Waals surface area contributed by atoms with E-state index in [2.05, 4.69) is 26.6 Å². The lowest BCUT2D eigenvalue weighted by Crippen LogP contribution is -2.36. The first kappa shape index (κ1) is 26.4. The van der Waals surface area contributed by atoms with Gasteiger partial charge in [0.15, 0.2) is 5.69 Å². The predicted molar refractivity (Wildman–Crippen MR) is 150 cm³/mol. The van der Waals surface area contributed by atoms with Crippen molar-refractivity contribution in [2.24, 2.45) is 0 Å². The molecule has 2 aliphatic rings. The number of rotatable bonds is 8. The maximum Gasteiger partial charge on any atom is 0.284 e. The second kappa shape index (κ2) is 11.3. The molecule has 0 saturated carbocycles. The van der Waals surface area contributed by atoms with E-state index >= 15 is 0 Å². The van der Waals surface area contributed by atoms with Gasteiger partial charge < -0.3 is 10.1 Å². The molecule has 9 nitrogen and oxygen atoms in total. The molecule has 1 aliphatic heterocycles. The second-order valence-electron chi connectivity index (χ2n) is 10.1. The lowest BCUT2D eigenvalue weighted by atomic mass is 10.1. The number of aromatic nitrogens is 3. The van der Waals surface area contributed by atoms with Crippen LogP contribution in [0, 0.1) is 0 Å². The van der Waals surface area contributed by atoms with Gasteiger partial charge in [-0.15, -0.1) is 9.19 Å². The van der Waals surface area contributed by atoms with Crippen molar-refractivity contribution in [2.45, 2.75) is 37.2 Å². The van der Waals surface area contributed by atoms with Gasteiger partial charge in [-0.05, 0) is 53.6 Å². The first-order valence-electron chi connectivity index (χ1n) is 13.5. The zero-order valence-electron chi connectivity index (χ0n) is 22.1. The molecule has 0 atom stereocenters. The van der Waals surface area contributed by atoms with Crippen LogP contribution in [0.4, 0.5) is 0 Å². The SMILES string of the molecule is O=C(NCc1ccccc1CN1CCOCC1)c1nnn(S(=O)(=O)c2ccc3c(c2)CCC3)c1-c1ccccc1. The number of benzene rings is 3. The quantitative estimate of drug-likeness (QED) is 0.354. The highest BCUT2D eigenvalue weighted by molar-refractivity contribution is 7.90. The monoisotopic (exact) mass is 557 g/mol. The molecule has 0 radical (unpaired) electrons. The number of nitrogens with zero attached hydrogens (tertiary/aromatic N) is 4. The summed E-state index contributed by atoms with van der Waals surface area (Å²) in [6.45, 7) is 4.19. The number of fused-ring (bicyclic) bond motifs is 1. The standard InChI is InChI=1S/C30H31N5O4S/c36-30(31-20-25-9-4-5-10-26(25)21-34-15-17-39-18-16-34)28-29(23-7-2-1-3-8-23)35(33-32-28)40(37,38)27-14-13-22-11-6-12-24(22)19-27/h1-5,7-10,13-14,19H,6,11-12,15-18,20-21H2,(H,31,36). The fourth-order valence-corrected chi connectivity index (χ4v) is 6.68. The van der Waals surface area contributed by atoms with E-state index in [0.717, 1.165) is 59.7 Å². The maximum absolute atomic E-state index is 13.8. The molecule has 1 amide bonds. The number of morpholine rings is 1. The predicted octanol–water partition coefficient (Wildman–Crippen LogP) is 3.43. The molecule has 0 bridgehead atoms. The third-order valence-corrected chi connectivity index (χ3v) is 9.12. The van der Waals surface area contributed by atoms with Crippen molar-refractivity contribution in [1.29, 1.82) is 0 Å². The summed E-state index contributed by atoms with van der Waals surface area (Å²) < 4.78 is 33.9. The number of amides is 1. The Morgan fingerprint density at radius 1 is 0.900 bits per heavy atom. The first-order valence-corrected chi connectivity index (χ1v) is 15.0. The van der Waals surface area contributed by atoms with E-state index in [9.17, 15) is 13.2 Å². The molecule has 1 aliphatic carbocycles. The van der Waals surface area contributed by atoms with Crippen molar-refractivity contribution in [2.75, 3.05) is 26.3 Å². The molecule has 206 valence electrons. The number of aryl methyl sites for hydroxylation is 2. The molecule has 0 unspecified atom stereocenters. The maximum atomic E-state index is 13.8. The second-order valence-corrected chi connectivity index (χ2v) is 11.9. The fourth-order valence-electron chi connectivity index (χ4n) is 5.38. The van der Waals surface area contributed by atoms with Gasteiger partial charge in [-0.25, -0.2) is 0 Å². The topological polar surface area (TPSA) is 106 Å². The summed E-state index contributed by atoms with van der Waals surface area (Å²) in [4.78, 5) is 16.0. The Bertz CT molecular complexity index is 1630. The van der Waals surface area contributed by atoms with E-state index in [1.807, 2.05) is 30.3 Å². The largest absolute Gasteiger partial charge is 0.379 e. The van der Waals surface area contributed by atoms with Crippen LogP contribution >= 0.6 is 0 Å². The van der Waals surface area contributed by atoms with Gasteiger partial charge in [0.25, 0.3) is 15.9 Å². The molecule has 1 aromatic heterocycles. The van der Waals surface area contributed by atoms with Gasteiger partial charge in [0.1, 0.15) is 5.69 Å². The zero-order valence-corrected chi connectivity index (χ0v) is 22.9. The Morgan fingerprint density at radius 2 is 1.62 bits per heavy atom. The van der Waals surface area contributed by atoms with Gasteiger partial charge in [0.05, 0.1) is 18.1 Å². The number of hydrogen-bond donors (Lipinski definition) is 1. The van der Waals surface area contributed by atoms with Crippen LogP contribution in [-0.4, -0.2) is 59.9 Å². The molecule has 40 heavy (non-hydrogen) atoms. The number of hydrogen-bond acceptors (Lipinski definition) is 7. The van der Waals surface area contributed by atoms with Crippen LogP contribution in [0.25, 0.3) is 11.3 Å². The van der Waals surface area contributed by atoms with E-state index < -0.39 is 15.9 Å². The van der Waals surface area contributed by atoms with Crippen molar-refractivity contribution in [3.8, 4) is 11.3 Å². The van der Waals surface area contributed by atoms with E-state index in [4.69, 9.17) is 4.74 Å². The van der Waals surface area contributed by atoms with Gasteiger partial charge in [-0.1, -0.05) is 65.9 Å². The molecular weight excluding hydrogens is 526 g/mol. The smallest absolute Gasteiger partial charge is 0.284 e. The molecule has 1 fully saturated rings. The molecule has 1 saturated heterocycles.